The fraction of sp³-hybridized carbons (Fsp3) is 1.00. The van der Waals surface area contributed by atoms with Crippen molar-refractivity contribution in [3.05, 3.63) is 0 Å². The summed E-state index contributed by atoms with van der Waals surface area (Å²) in [7, 11) is 2.16. The Labute approximate surface area is 110 Å². The smallest absolute Gasteiger partial charge is 0.0702 e. The van der Waals surface area contributed by atoms with E-state index in [4.69, 9.17) is 10.5 Å². The summed E-state index contributed by atoms with van der Waals surface area (Å²) in [6, 6.07) is 0. The highest BCUT2D eigenvalue weighted by atomic mass is 16.5. The first-order chi connectivity index (χ1) is 8.64. The van der Waals surface area contributed by atoms with Crippen LogP contribution in [-0.2, 0) is 4.74 Å². The minimum Gasteiger partial charge on any atom is -0.394 e. The van der Waals surface area contributed by atoms with Crippen molar-refractivity contribution in [1.82, 2.24) is 4.90 Å². The molecule has 18 heavy (non-hydrogen) atoms. The first-order valence-electron chi connectivity index (χ1n) is 7.34. The number of rotatable bonds is 6. The molecule has 0 amide bonds. The number of aliphatic hydroxyl groups excluding tert-OH is 1. The molecule has 3 unspecified atom stereocenters. The summed E-state index contributed by atoms with van der Waals surface area (Å²) in [5.41, 5.74) is 5.94. The maximum absolute atomic E-state index is 9.43. The van der Waals surface area contributed by atoms with Gasteiger partial charge in [-0.05, 0) is 51.6 Å². The Bertz CT molecular complexity index is 256. The standard InChI is InChI=1S/C14H28N2O2/c1-16(10-13-5-3-9-18-13)8-6-12-4-2-7-14(12,15)11-17/h12-13,17H,2-11,15H2,1H3. The van der Waals surface area contributed by atoms with Gasteiger partial charge in [-0.1, -0.05) is 6.42 Å². The lowest BCUT2D eigenvalue weighted by molar-refractivity contribution is 0.0767. The number of hydrogen-bond donors (Lipinski definition) is 2. The van der Waals surface area contributed by atoms with Crippen molar-refractivity contribution in [3.8, 4) is 0 Å². The highest BCUT2D eigenvalue weighted by Crippen LogP contribution is 2.35. The summed E-state index contributed by atoms with van der Waals surface area (Å²) in [6.07, 6.45) is 7.24. The Kier molecular flexibility index (Phi) is 5.01. The van der Waals surface area contributed by atoms with Gasteiger partial charge in [-0.2, -0.15) is 0 Å². The monoisotopic (exact) mass is 256 g/mol. The Hall–Kier alpha value is -0.160. The molecule has 1 heterocycles. The maximum Gasteiger partial charge on any atom is 0.0702 e. The molecule has 2 aliphatic rings. The third-order valence-electron chi connectivity index (χ3n) is 4.70. The molecular formula is C14H28N2O2. The second-order valence-corrected chi connectivity index (χ2v) is 6.17. The molecule has 1 saturated carbocycles. The average molecular weight is 256 g/mol. The van der Waals surface area contributed by atoms with Crippen LogP contribution >= 0.6 is 0 Å². The van der Waals surface area contributed by atoms with Gasteiger partial charge in [0.25, 0.3) is 0 Å². The van der Waals surface area contributed by atoms with E-state index >= 15 is 0 Å². The largest absolute Gasteiger partial charge is 0.394 e. The van der Waals surface area contributed by atoms with Crippen LogP contribution in [0.4, 0.5) is 0 Å². The Balaban J connectivity index is 1.70. The molecule has 106 valence electrons. The SMILES string of the molecule is CN(CCC1CCCC1(N)CO)CC1CCCO1. The molecule has 3 atom stereocenters. The lowest BCUT2D eigenvalue weighted by Gasteiger charge is -2.31. The van der Waals surface area contributed by atoms with Crippen LogP contribution in [-0.4, -0.2) is 55.0 Å². The fourth-order valence-electron chi connectivity index (χ4n) is 3.41. The van der Waals surface area contributed by atoms with E-state index < -0.39 is 0 Å². The van der Waals surface area contributed by atoms with E-state index in [1.165, 1.54) is 19.3 Å². The van der Waals surface area contributed by atoms with Crippen molar-refractivity contribution in [2.45, 2.75) is 50.2 Å². The van der Waals surface area contributed by atoms with Crippen molar-refractivity contribution >= 4 is 0 Å². The van der Waals surface area contributed by atoms with Gasteiger partial charge in [0.05, 0.1) is 12.7 Å². The van der Waals surface area contributed by atoms with Gasteiger partial charge in [-0.3, -0.25) is 0 Å². The summed E-state index contributed by atoms with van der Waals surface area (Å²) in [6.45, 7) is 3.15. The molecule has 0 spiro atoms. The summed E-state index contributed by atoms with van der Waals surface area (Å²) in [5.74, 6) is 0.481. The van der Waals surface area contributed by atoms with Crippen molar-refractivity contribution in [2.24, 2.45) is 11.7 Å². The van der Waals surface area contributed by atoms with E-state index in [-0.39, 0.29) is 12.1 Å². The van der Waals surface area contributed by atoms with Crippen LogP contribution in [0.25, 0.3) is 0 Å². The quantitative estimate of drug-likeness (QED) is 0.744. The van der Waals surface area contributed by atoms with E-state index in [2.05, 4.69) is 11.9 Å². The zero-order chi connectivity index (χ0) is 13.0. The predicted octanol–water partition coefficient (Wildman–Crippen LogP) is 0.977. The van der Waals surface area contributed by atoms with Gasteiger partial charge in [0.2, 0.25) is 0 Å². The summed E-state index contributed by atoms with van der Waals surface area (Å²) < 4.78 is 5.65. The topological polar surface area (TPSA) is 58.7 Å². The molecule has 1 aliphatic heterocycles. The van der Waals surface area contributed by atoms with Crippen molar-refractivity contribution in [1.29, 1.82) is 0 Å². The number of nitrogens with two attached hydrogens (primary N) is 1. The fourth-order valence-corrected chi connectivity index (χ4v) is 3.41. The van der Waals surface area contributed by atoms with Gasteiger partial charge < -0.3 is 20.5 Å². The Morgan fingerprint density at radius 3 is 2.89 bits per heavy atom. The highest BCUT2D eigenvalue weighted by Gasteiger charge is 2.38. The first-order valence-corrected chi connectivity index (χ1v) is 7.34. The molecule has 0 aromatic carbocycles. The van der Waals surface area contributed by atoms with Gasteiger partial charge >= 0.3 is 0 Å². The van der Waals surface area contributed by atoms with Crippen LogP contribution < -0.4 is 5.73 Å². The third kappa shape index (κ3) is 3.44. The summed E-state index contributed by atoms with van der Waals surface area (Å²) in [5, 5.41) is 9.43. The lowest BCUT2D eigenvalue weighted by Crippen LogP contribution is -2.47. The van der Waals surface area contributed by atoms with Crippen LogP contribution in [0.1, 0.15) is 38.5 Å². The third-order valence-corrected chi connectivity index (χ3v) is 4.70. The molecular weight excluding hydrogens is 228 g/mol. The second kappa shape index (κ2) is 6.33. The maximum atomic E-state index is 9.43. The van der Waals surface area contributed by atoms with Crippen LogP contribution in [0.5, 0.6) is 0 Å². The van der Waals surface area contributed by atoms with Gasteiger partial charge in [-0.15, -0.1) is 0 Å². The van der Waals surface area contributed by atoms with Gasteiger partial charge in [0.1, 0.15) is 0 Å². The Morgan fingerprint density at radius 2 is 2.22 bits per heavy atom. The number of aliphatic hydroxyl groups is 1. The molecule has 3 N–H and O–H groups in total. The van der Waals surface area contributed by atoms with E-state index in [0.29, 0.717) is 12.0 Å². The van der Waals surface area contributed by atoms with Crippen molar-refractivity contribution in [2.75, 3.05) is 33.4 Å². The van der Waals surface area contributed by atoms with Crippen molar-refractivity contribution in [3.63, 3.8) is 0 Å². The first kappa shape index (κ1) is 14.3. The number of ether oxygens (including phenoxy) is 1. The highest BCUT2D eigenvalue weighted by molar-refractivity contribution is 4.96. The van der Waals surface area contributed by atoms with Crippen LogP contribution in [0.2, 0.25) is 0 Å². The average Bonchev–Trinajstić information content (AvgIpc) is 2.97. The minimum absolute atomic E-state index is 0.132. The van der Waals surface area contributed by atoms with Crippen LogP contribution in [0, 0.1) is 5.92 Å². The zero-order valence-electron chi connectivity index (χ0n) is 11.6. The molecule has 4 nitrogen and oxygen atoms in total. The van der Waals surface area contributed by atoms with E-state index in [1.807, 2.05) is 0 Å². The summed E-state index contributed by atoms with van der Waals surface area (Å²) in [4.78, 5) is 2.35. The number of hydrogen-bond acceptors (Lipinski definition) is 4. The van der Waals surface area contributed by atoms with Crippen molar-refractivity contribution < 1.29 is 9.84 Å². The van der Waals surface area contributed by atoms with Gasteiger partial charge in [0.15, 0.2) is 0 Å². The molecule has 2 rings (SSSR count). The van der Waals surface area contributed by atoms with Gasteiger partial charge in [-0.25, -0.2) is 0 Å². The molecule has 1 saturated heterocycles. The second-order valence-electron chi connectivity index (χ2n) is 6.17. The molecule has 4 heteroatoms. The van der Waals surface area contributed by atoms with Gasteiger partial charge in [0, 0.05) is 18.7 Å². The molecule has 2 fully saturated rings. The number of nitrogens with zero attached hydrogens (tertiary/aromatic N) is 1. The van der Waals surface area contributed by atoms with E-state index in [1.54, 1.807) is 0 Å². The number of likely N-dealkylation sites (N-methyl/N-ethyl adjacent to an activating group) is 1. The normalized spacial score (nSPS) is 36.7. The van der Waals surface area contributed by atoms with Crippen LogP contribution in [0.15, 0.2) is 0 Å². The predicted molar refractivity (Wildman–Crippen MR) is 72.4 cm³/mol. The zero-order valence-corrected chi connectivity index (χ0v) is 11.6. The van der Waals surface area contributed by atoms with Crippen LogP contribution in [0.3, 0.4) is 0 Å². The lowest BCUT2D eigenvalue weighted by atomic mass is 9.86. The molecule has 1 aliphatic carbocycles. The molecule has 0 bridgehead atoms. The van der Waals surface area contributed by atoms with E-state index in [9.17, 15) is 5.11 Å². The molecule has 0 aromatic rings. The summed E-state index contributed by atoms with van der Waals surface area (Å²) >= 11 is 0. The minimum atomic E-state index is -0.315. The molecule has 0 radical (unpaired) electrons. The Morgan fingerprint density at radius 1 is 1.39 bits per heavy atom. The molecule has 0 aromatic heterocycles. The van der Waals surface area contributed by atoms with E-state index in [0.717, 1.165) is 39.0 Å².